The van der Waals surface area contributed by atoms with Crippen LogP contribution in [0, 0.1) is 5.82 Å². The fourth-order valence-electron chi connectivity index (χ4n) is 1.55. The Hall–Kier alpha value is -2.06. The van der Waals surface area contributed by atoms with Crippen molar-refractivity contribution in [3.05, 3.63) is 35.1 Å². The molecule has 0 aliphatic carbocycles. The average molecular weight is 342 g/mol. The molecule has 0 saturated carbocycles. The summed E-state index contributed by atoms with van der Waals surface area (Å²) in [7, 11) is 0. The van der Waals surface area contributed by atoms with Crippen molar-refractivity contribution in [3.8, 4) is 0 Å². The molecule has 6 nitrogen and oxygen atoms in total. The molecule has 5 N–H and O–H groups in total. The van der Waals surface area contributed by atoms with Gasteiger partial charge in [-0.15, -0.1) is 0 Å². The first-order valence-corrected chi connectivity index (χ1v) is 7.43. The van der Waals surface area contributed by atoms with Crippen LogP contribution in [0.4, 0.5) is 21.7 Å². The van der Waals surface area contributed by atoms with Gasteiger partial charge in [0, 0.05) is 11.1 Å². The van der Waals surface area contributed by atoms with Gasteiger partial charge in [0.05, 0.1) is 10.9 Å². The molecule has 1 heterocycles. The van der Waals surface area contributed by atoms with Gasteiger partial charge in [0.1, 0.15) is 17.5 Å². The van der Waals surface area contributed by atoms with E-state index in [1.165, 1.54) is 18.2 Å². The molecule has 0 bridgehead atoms. The minimum Gasteiger partial charge on any atom is -0.383 e. The number of amides is 1. The van der Waals surface area contributed by atoms with Crippen LogP contribution >= 0.6 is 23.4 Å². The molecule has 116 valence electrons. The van der Waals surface area contributed by atoms with Gasteiger partial charge in [-0.05, 0) is 25.1 Å². The maximum atomic E-state index is 13.6. The van der Waals surface area contributed by atoms with Crippen molar-refractivity contribution in [1.29, 1.82) is 0 Å². The Morgan fingerprint density at radius 3 is 2.55 bits per heavy atom. The summed E-state index contributed by atoms with van der Waals surface area (Å²) >= 11 is 6.72. The summed E-state index contributed by atoms with van der Waals surface area (Å²) in [6, 6.07) is 5.41. The van der Waals surface area contributed by atoms with Crippen molar-refractivity contribution in [1.82, 2.24) is 9.97 Å². The summed E-state index contributed by atoms with van der Waals surface area (Å²) in [4.78, 5) is 20.0. The number of aromatic nitrogens is 2. The van der Waals surface area contributed by atoms with E-state index in [-0.39, 0.29) is 27.5 Å². The summed E-state index contributed by atoms with van der Waals surface area (Å²) in [5.41, 5.74) is 11.2. The Kier molecular flexibility index (Phi) is 5.04. The van der Waals surface area contributed by atoms with Crippen LogP contribution in [0.1, 0.15) is 6.92 Å². The minimum atomic E-state index is -0.609. The number of carbonyl (C=O) groups excluding carboxylic acids is 1. The second-order valence-corrected chi connectivity index (χ2v) is 6.12. The molecule has 0 spiro atoms. The van der Waals surface area contributed by atoms with Crippen LogP contribution in [0.3, 0.4) is 0 Å². The Bertz CT molecular complexity index is 695. The smallest absolute Gasteiger partial charge is 0.237 e. The average Bonchev–Trinajstić information content (AvgIpc) is 2.40. The predicted molar refractivity (Wildman–Crippen MR) is 86.2 cm³/mol. The van der Waals surface area contributed by atoms with Crippen LogP contribution in [0.25, 0.3) is 0 Å². The van der Waals surface area contributed by atoms with E-state index in [0.29, 0.717) is 0 Å². The highest BCUT2D eigenvalue weighted by molar-refractivity contribution is 8.00. The van der Waals surface area contributed by atoms with Gasteiger partial charge >= 0.3 is 0 Å². The minimum absolute atomic E-state index is 0.0508. The van der Waals surface area contributed by atoms with Crippen LogP contribution < -0.4 is 16.8 Å². The summed E-state index contributed by atoms with van der Waals surface area (Å²) in [6.07, 6.45) is 0. The molecular formula is C13H13ClFN5OS. The van der Waals surface area contributed by atoms with Crippen LogP contribution in [0.5, 0.6) is 0 Å². The molecule has 0 saturated heterocycles. The highest BCUT2D eigenvalue weighted by Crippen LogP contribution is 2.24. The van der Waals surface area contributed by atoms with E-state index in [1.807, 2.05) is 0 Å². The topological polar surface area (TPSA) is 107 Å². The van der Waals surface area contributed by atoms with Gasteiger partial charge in [0.15, 0.2) is 5.16 Å². The van der Waals surface area contributed by atoms with Gasteiger partial charge in [0.2, 0.25) is 5.91 Å². The highest BCUT2D eigenvalue weighted by atomic mass is 35.5. The Balaban J connectivity index is 2.05. The molecule has 0 unspecified atom stereocenters. The Morgan fingerprint density at radius 1 is 1.32 bits per heavy atom. The standard InChI is InChI=1S/C13H13ClFN5OS/c1-6(22-13-19-10(16)5-11(17)20-13)12(21)18-9-3-2-7(14)4-8(9)15/h2-6H,1H3,(H,18,21)(H4,16,17,19,20)/t6-/m1/s1. The first kappa shape index (κ1) is 16.3. The van der Waals surface area contributed by atoms with E-state index in [9.17, 15) is 9.18 Å². The number of nitrogen functional groups attached to an aromatic ring is 2. The number of benzene rings is 1. The molecule has 9 heteroatoms. The third-order valence-corrected chi connectivity index (χ3v) is 3.78. The Morgan fingerprint density at radius 2 is 1.95 bits per heavy atom. The van der Waals surface area contributed by atoms with Gasteiger partial charge in [-0.25, -0.2) is 14.4 Å². The predicted octanol–water partition coefficient (Wildman–Crippen LogP) is 2.55. The number of nitrogens with zero attached hydrogens (tertiary/aromatic N) is 2. The van der Waals surface area contributed by atoms with E-state index in [2.05, 4.69) is 15.3 Å². The summed E-state index contributed by atoms with van der Waals surface area (Å²) in [5, 5.41) is 2.43. The van der Waals surface area contributed by atoms with Crippen molar-refractivity contribution >= 4 is 46.6 Å². The highest BCUT2D eigenvalue weighted by Gasteiger charge is 2.18. The fourth-order valence-corrected chi connectivity index (χ4v) is 2.51. The van der Waals surface area contributed by atoms with E-state index in [0.717, 1.165) is 17.8 Å². The molecule has 2 aromatic rings. The molecule has 0 aliphatic rings. The van der Waals surface area contributed by atoms with Crippen LogP contribution in [0.15, 0.2) is 29.4 Å². The number of halogens is 2. The molecule has 1 aromatic carbocycles. The lowest BCUT2D eigenvalue weighted by Gasteiger charge is -2.12. The summed E-state index contributed by atoms with van der Waals surface area (Å²) in [6.45, 7) is 1.64. The summed E-state index contributed by atoms with van der Waals surface area (Å²) < 4.78 is 13.6. The fraction of sp³-hybridized carbons (Fsp3) is 0.154. The number of carbonyl (C=O) groups is 1. The molecule has 0 radical (unpaired) electrons. The number of thioether (sulfide) groups is 1. The molecule has 2 rings (SSSR count). The normalized spacial score (nSPS) is 12.0. The van der Waals surface area contributed by atoms with Gasteiger partial charge in [-0.3, -0.25) is 4.79 Å². The number of hydrogen-bond donors (Lipinski definition) is 3. The molecule has 1 atom stereocenters. The molecule has 0 aliphatic heterocycles. The zero-order valence-corrected chi connectivity index (χ0v) is 13.1. The van der Waals surface area contributed by atoms with Gasteiger partial charge in [0.25, 0.3) is 0 Å². The van der Waals surface area contributed by atoms with Crippen molar-refractivity contribution in [3.63, 3.8) is 0 Å². The molecular weight excluding hydrogens is 329 g/mol. The van der Waals surface area contributed by atoms with Crippen molar-refractivity contribution in [2.45, 2.75) is 17.3 Å². The largest absolute Gasteiger partial charge is 0.383 e. The van der Waals surface area contributed by atoms with Crippen molar-refractivity contribution < 1.29 is 9.18 Å². The first-order valence-electron chi connectivity index (χ1n) is 6.18. The number of hydrogen-bond acceptors (Lipinski definition) is 6. The molecule has 0 fully saturated rings. The maximum absolute atomic E-state index is 13.6. The number of anilines is 3. The lowest BCUT2D eigenvalue weighted by atomic mass is 10.3. The third-order valence-electron chi connectivity index (χ3n) is 2.59. The van der Waals surface area contributed by atoms with E-state index in [1.54, 1.807) is 6.92 Å². The third kappa shape index (κ3) is 4.22. The maximum Gasteiger partial charge on any atom is 0.237 e. The van der Waals surface area contributed by atoms with Gasteiger partial charge < -0.3 is 16.8 Å². The Labute approximate surface area is 135 Å². The SMILES string of the molecule is C[C@@H](Sc1nc(N)cc(N)n1)C(=O)Nc1ccc(Cl)cc1F. The van der Waals surface area contributed by atoms with Crippen molar-refractivity contribution in [2.75, 3.05) is 16.8 Å². The molecule has 22 heavy (non-hydrogen) atoms. The van der Waals surface area contributed by atoms with E-state index < -0.39 is 17.0 Å². The zero-order chi connectivity index (χ0) is 16.3. The monoisotopic (exact) mass is 341 g/mol. The lowest BCUT2D eigenvalue weighted by molar-refractivity contribution is -0.115. The first-order chi connectivity index (χ1) is 10.3. The van der Waals surface area contributed by atoms with Crippen LogP contribution in [-0.4, -0.2) is 21.1 Å². The lowest BCUT2D eigenvalue weighted by Crippen LogP contribution is -2.23. The number of nitrogens with one attached hydrogen (secondary N) is 1. The van der Waals surface area contributed by atoms with E-state index >= 15 is 0 Å². The van der Waals surface area contributed by atoms with Crippen LogP contribution in [-0.2, 0) is 4.79 Å². The molecule has 1 aromatic heterocycles. The second-order valence-electron chi connectivity index (χ2n) is 4.37. The number of nitrogens with two attached hydrogens (primary N) is 2. The molecule has 1 amide bonds. The number of rotatable bonds is 4. The van der Waals surface area contributed by atoms with Crippen molar-refractivity contribution in [2.24, 2.45) is 0 Å². The van der Waals surface area contributed by atoms with Crippen LogP contribution in [0.2, 0.25) is 5.02 Å². The van der Waals surface area contributed by atoms with E-state index in [4.69, 9.17) is 23.1 Å². The van der Waals surface area contributed by atoms with Gasteiger partial charge in [-0.1, -0.05) is 23.4 Å². The second kappa shape index (κ2) is 6.80. The quantitative estimate of drug-likeness (QED) is 0.582. The van der Waals surface area contributed by atoms with Gasteiger partial charge in [-0.2, -0.15) is 0 Å². The zero-order valence-electron chi connectivity index (χ0n) is 11.5. The summed E-state index contributed by atoms with van der Waals surface area (Å²) in [5.74, 6) is -0.587.